The SMILES string of the molecule is CSC1(CNC(=O)CC2(CN)CCCCC2)CCC1. The van der Waals surface area contributed by atoms with Crippen molar-refractivity contribution in [3.05, 3.63) is 0 Å². The predicted molar refractivity (Wildman–Crippen MR) is 82.3 cm³/mol. The van der Waals surface area contributed by atoms with Crippen LogP contribution in [0.4, 0.5) is 0 Å². The van der Waals surface area contributed by atoms with Crippen LogP contribution in [-0.4, -0.2) is 30.0 Å². The summed E-state index contributed by atoms with van der Waals surface area (Å²) in [5.74, 6) is 0.215. The summed E-state index contributed by atoms with van der Waals surface area (Å²) in [4.78, 5) is 12.2. The van der Waals surface area contributed by atoms with Gasteiger partial charge in [0.15, 0.2) is 0 Å². The smallest absolute Gasteiger partial charge is 0.220 e. The van der Waals surface area contributed by atoms with Gasteiger partial charge in [-0.2, -0.15) is 11.8 Å². The van der Waals surface area contributed by atoms with Gasteiger partial charge in [-0.15, -0.1) is 0 Å². The maximum Gasteiger partial charge on any atom is 0.220 e. The molecule has 19 heavy (non-hydrogen) atoms. The number of thioether (sulfide) groups is 1. The third kappa shape index (κ3) is 3.66. The standard InChI is InChI=1S/C15H28N2OS/c1-19-15(8-5-9-15)12-17-13(18)10-14(11-16)6-3-2-4-7-14/h2-12,16H2,1H3,(H,17,18). The number of hydrogen-bond acceptors (Lipinski definition) is 3. The third-order valence-corrected chi connectivity index (χ3v) is 6.61. The average Bonchev–Trinajstić information content (AvgIpc) is 2.39. The van der Waals surface area contributed by atoms with E-state index in [1.807, 2.05) is 11.8 Å². The topological polar surface area (TPSA) is 55.1 Å². The van der Waals surface area contributed by atoms with Gasteiger partial charge in [-0.3, -0.25) is 4.79 Å². The van der Waals surface area contributed by atoms with E-state index in [4.69, 9.17) is 5.73 Å². The zero-order valence-electron chi connectivity index (χ0n) is 12.2. The lowest BCUT2D eigenvalue weighted by Crippen LogP contribution is -2.47. The first-order valence-electron chi connectivity index (χ1n) is 7.66. The fourth-order valence-electron chi connectivity index (χ4n) is 3.44. The largest absolute Gasteiger partial charge is 0.355 e. The van der Waals surface area contributed by atoms with Crippen LogP contribution in [0.1, 0.15) is 57.8 Å². The first kappa shape index (κ1) is 15.2. The Hall–Kier alpha value is -0.220. The average molecular weight is 284 g/mol. The summed E-state index contributed by atoms with van der Waals surface area (Å²) < 4.78 is 0.331. The molecular formula is C15H28N2OS. The van der Waals surface area contributed by atoms with Crippen LogP contribution in [0.3, 0.4) is 0 Å². The summed E-state index contributed by atoms with van der Waals surface area (Å²) in [7, 11) is 0. The second-order valence-electron chi connectivity index (χ2n) is 6.46. The molecule has 4 heteroatoms. The molecule has 2 rings (SSSR count). The molecule has 0 unspecified atom stereocenters. The summed E-state index contributed by atoms with van der Waals surface area (Å²) >= 11 is 1.91. The molecule has 1 amide bonds. The molecule has 2 aliphatic carbocycles. The number of amides is 1. The lowest BCUT2D eigenvalue weighted by atomic mass is 9.71. The molecule has 3 nitrogen and oxygen atoms in total. The van der Waals surface area contributed by atoms with Gasteiger partial charge in [0.2, 0.25) is 5.91 Å². The zero-order chi connectivity index (χ0) is 13.8. The Morgan fingerprint density at radius 3 is 2.32 bits per heavy atom. The number of carbonyl (C=O) groups is 1. The van der Waals surface area contributed by atoms with Crippen molar-refractivity contribution in [2.75, 3.05) is 19.3 Å². The van der Waals surface area contributed by atoms with Gasteiger partial charge in [-0.1, -0.05) is 25.7 Å². The molecule has 2 fully saturated rings. The van der Waals surface area contributed by atoms with E-state index >= 15 is 0 Å². The van der Waals surface area contributed by atoms with E-state index < -0.39 is 0 Å². The van der Waals surface area contributed by atoms with Gasteiger partial charge in [-0.25, -0.2) is 0 Å². The highest BCUT2D eigenvalue weighted by atomic mass is 32.2. The second kappa shape index (κ2) is 6.49. The summed E-state index contributed by atoms with van der Waals surface area (Å²) in [6.45, 7) is 1.50. The minimum atomic E-state index is 0.0917. The number of rotatable bonds is 6. The molecule has 0 aliphatic heterocycles. The van der Waals surface area contributed by atoms with Gasteiger partial charge in [0.1, 0.15) is 0 Å². The third-order valence-electron chi connectivity index (χ3n) is 5.19. The van der Waals surface area contributed by atoms with Crippen LogP contribution in [0, 0.1) is 5.41 Å². The van der Waals surface area contributed by atoms with E-state index in [2.05, 4.69) is 11.6 Å². The van der Waals surface area contributed by atoms with E-state index in [9.17, 15) is 4.79 Å². The van der Waals surface area contributed by atoms with Crippen LogP contribution >= 0.6 is 11.8 Å². The van der Waals surface area contributed by atoms with Gasteiger partial charge in [0.25, 0.3) is 0 Å². The van der Waals surface area contributed by atoms with Crippen LogP contribution in [-0.2, 0) is 4.79 Å². The Balaban J connectivity index is 1.79. The molecule has 0 atom stereocenters. The van der Waals surface area contributed by atoms with E-state index in [1.165, 1.54) is 38.5 Å². The Kier molecular flexibility index (Phi) is 5.18. The molecule has 0 heterocycles. The van der Waals surface area contributed by atoms with E-state index in [0.29, 0.717) is 17.7 Å². The van der Waals surface area contributed by atoms with Crippen molar-refractivity contribution in [1.29, 1.82) is 0 Å². The van der Waals surface area contributed by atoms with Crippen molar-refractivity contribution >= 4 is 17.7 Å². The Bertz CT molecular complexity index is 304. The van der Waals surface area contributed by atoms with Crippen LogP contribution in [0.15, 0.2) is 0 Å². The van der Waals surface area contributed by atoms with Crippen molar-refractivity contribution in [2.24, 2.45) is 11.1 Å². The van der Waals surface area contributed by atoms with Crippen LogP contribution in [0.2, 0.25) is 0 Å². The highest BCUT2D eigenvalue weighted by Gasteiger charge is 2.37. The number of nitrogens with two attached hydrogens (primary N) is 1. The van der Waals surface area contributed by atoms with Crippen molar-refractivity contribution in [3.63, 3.8) is 0 Å². The predicted octanol–water partition coefficient (Wildman–Crippen LogP) is 2.69. The minimum absolute atomic E-state index is 0.0917. The van der Waals surface area contributed by atoms with E-state index in [0.717, 1.165) is 19.4 Å². The molecule has 2 aliphatic rings. The van der Waals surface area contributed by atoms with Crippen LogP contribution in [0.5, 0.6) is 0 Å². The summed E-state index contributed by atoms with van der Waals surface area (Å²) in [5, 5.41) is 3.17. The number of carbonyl (C=O) groups excluding carboxylic acids is 1. The first-order valence-corrected chi connectivity index (χ1v) is 8.88. The van der Waals surface area contributed by atoms with Gasteiger partial charge in [0.05, 0.1) is 0 Å². The fourth-order valence-corrected chi connectivity index (χ4v) is 4.36. The molecule has 0 aromatic carbocycles. The summed E-state index contributed by atoms with van der Waals surface area (Å²) in [5.41, 5.74) is 6.04. The quantitative estimate of drug-likeness (QED) is 0.788. The molecule has 3 N–H and O–H groups in total. The van der Waals surface area contributed by atoms with Crippen molar-refractivity contribution in [3.8, 4) is 0 Å². The summed E-state index contributed by atoms with van der Waals surface area (Å²) in [6.07, 6.45) is 12.6. The number of nitrogens with one attached hydrogen (secondary N) is 1. The molecule has 0 aromatic rings. The van der Waals surface area contributed by atoms with Crippen LogP contribution < -0.4 is 11.1 Å². The van der Waals surface area contributed by atoms with Gasteiger partial charge < -0.3 is 11.1 Å². The lowest BCUT2D eigenvalue weighted by Gasteiger charge is -2.41. The zero-order valence-corrected chi connectivity index (χ0v) is 13.0. The molecule has 0 bridgehead atoms. The van der Waals surface area contributed by atoms with Crippen LogP contribution in [0.25, 0.3) is 0 Å². The van der Waals surface area contributed by atoms with Gasteiger partial charge in [0, 0.05) is 17.7 Å². The number of hydrogen-bond donors (Lipinski definition) is 2. The van der Waals surface area contributed by atoms with E-state index in [1.54, 1.807) is 0 Å². The monoisotopic (exact) mass is 284 g/mol. The van der Waals surface area contributed by atoms with Crippen molar-refractivity contribution in [2.45, 2.75) is 62.5 Å². The minimum Gasteiger partial charge on any atom is -0.355 e. The molecule has 0 aromatic heterocycles. The summed E-state index contributed by atoms with van der Waals surface area (Å²) in [6, 6.07) is 0. The molecule has 0 saturated heterocycles. The Morgan fingerprint density at radius 2 is 1.84 bits per heavy atom. The molecular weight excluding hydrogens is 256 g/mol. The fraction of sp³-hybridized carbons (Fsp3) is 0.933. The molecule has 110 valence electrons. The second-order valence-corrected chi connectivity index (χ2v) is 7.73. The lowest BCUT2D eigenvalue weighted by molar-refractivity contribution is -0.124. The maximum absolute atomic E-state index is 12.2. The van der Waals surface area contributed by atoms with Crippen molar-refractivity contribution < 1.29 is 4.79 Å². The Morgan fingerprint density at radius 1 is 1.16 bits per heavy atom. The highest BCUT2D eigenvalue weighted by molar-refractivity contribution is 8.00. The first-order chi connectivity index (χ1) is 9.14. The Labute approximate surface area is 121 Å². The maximum atomic E-state index is 12.2. The normalized spacial score (nSPS) is 24.5. The van der Waals surface area contributed by atoms with Gasteiger partial charge in [-0.05, 0) is 43.9 Å². The van der Waals surface area contributed by atoms with E-state index in [-0.39, 0.29) is 11.3 Å². The highest BCUT2D eigenvalue weighted by Crippen LogP contribution is 2.42. The molecule has 2 saturated carbocycles. The van der Waals surface area contributed by atoms with Crippen molar-refractivity contribution in [1.82, 2.24) is 5.32 Å². The van der Waals surface area contributed by atoms with Gasteiger partial charge >= 0.3 is 0 Å². The molecule has 0 radical (unpaired) electrons. The molecule has 0 spiro atoms.